The lowest BCUT2D eigenvalue weighted by molar-refractivity contribution is 0.185. The van der Waals surface area contributed by atoms with Gasteiger partial charge >= 0.3 is 0 Å². The minimum Gasteiger partial charge on any atom is -0.382 e. The number of hydrogen-bond acceptors (Lipinski definition) is 2. The predicted octanol–water partition coefficient (Wildman–Crippen LogP) is 4.07. The van der Waals surface area contributed by atoms with Crippen LogP contribution in [0.5, 0.6) is 0 Å². The molecule has 0 radical (unpaired) electrons. The van der Waals surface area contributed by atoms with Crippen molar-refractivity contribution < 1.29 is 4.74 Å². The summed E-state index contributed by atoms with van der Waals surface area (Å²) in [6, 6.07) is 9.20. The fourth-order valence-electron chi connectivity index (χ4n) is 3.22. The Kier molecular flexibility index (Phi) is 4.65. The fourth-order valence-corrected chi connectivity index (χ4v) is 3.22. The summed E-state index contributed by atoms with van der Waals surface area (Å²) in [5.41, 5.74) is 2.47. The summed E-state index contributed by atoms with van der Waals surface area (Å²) in [7, 11) is 1.74. The first kappa shape index (κ1) is 13.4. The van der Waals surface area contributed by atoms with Gasteiger partial charge in [0.2, 0.25) is 0 Å². The molecule has 2 nitrogen and oxygen atoms in total. The normalized spacial score (nSPS) is 28.1. The van der Waals surface area contributed by atoms with Gasteiger partial charge in [-0.3, -0.25) is 0 Å². The van der Waals surface area contributed by atoms with Gasteiger partial charge in [0.25, 0.3) is 0 Å². The van der Waals surface area contributed by atoms with Crippen LogP contribution in [0.25, 0.3) is 0 Å². The number of benzene rings is 1. The molecule has 2 rings (SSSR count). The smallest absolute Gasteiger partial charge is 0.0713 e. The average molecular weight is 247 g/mol. The van der Waals surface area contributed by atoms with Crippen molar-refractivity contribution in [1.29, 1.82) is 0 Å². The van der Waals surface area contributed by atoms with Gasteiger partial charge < -0.3 is 10.1 Å². The van der Waals surface area contributed by atoms with Crippen molar-refractivity contribution in [3.05, 3.63) is 29.8 Å². The number of methoxy groups -OCH3 is 1. The van der Waals surface area contributed by atoms with Crippen molar-refractivity contribution in [3.8, 4) is 0 Å². The largest absolute Gasteiger partial charge is 0.382 e. The molecule has 0 heterocycles. The van der Waals surface area contributed by atoms with Gasteiger partial charge in [-0.05, 0) is 48.8 Å². The molecule has 2 atom stereocenters. The summed E-state index contributed by atoms with van der Waals surface area (Å²) in [6.07, 6.45) is 3.96. The third kappa shape index (κ3) is 3.74. The van der Waals surface area contributed by atoms with E-state index >= 15 is 0 Å². The Hall–Kier alpha value is -1.02. The number of hydrogen-bond donors (Lipinski definition) is 1. The Balaban J connectivity index is 1.97. The zero-order valence-electron chi connectivity index (χ0n) is 11.8. The number of rotatable bonds is 4. The molecule has 2 unspecified atom stereocenters. The minimum atomic E-state index is 0.626. The molecule has 1 saturated carbocycles. The highest BCUT2D eigenvalue weighted by Crippen LogP contribution is 2.30. The van der Waals surface area contributed by atoms with E-state index in [-0.39, 0.29) is 0 Å². The molecular formula is C16H25NO. The van der Waals surface area contributed by atoms with Crippen molar-refractivity contribution >= 4 is 5.69 Å². The molecule has 1 fully saturated rings. The maximum atomic E-state index is 5.18. The Morgan fingerprint density at radius 2 is 1.89 bits per heavy atom. The van der Waals surface area contributed by atoms with Crippen LogP contribution in [-0.4, -0.2) is 13.2 Å². The summed E-state index contributed by atoms with van der Waals surface area (Å²) in [4.78, 5) is 0. The molecule has 1 aliphatic rings. The van der Waals surface area contributed by atoms with Crippen molar-refractivity contribution in [1.82, 2.24) is 0 Å². The summed E-state index contributed by atoms with van der Waals surface area (Å²) in [5.74, 6) is 1.68. The van der Waals surface area contributed by atoms with Gasteiger partial charge in [0.15, 0.2) is 0 Å². The number of anilines is 1. The van der Waals surface area contributed by atoms with E-state index in [4.69, 9.17) is 4.74 Å². The predicted molar refractivity (Wildman–Crippen MR) is 76.7 cm³/mol. The van der Waals surface area contributed by atoms with Crippen LogP contribution in [0.2, 0.25) is 0 Å². The van der Waals surface area contributed by atoms with E-state index in [1.54, 1.807) is 7.11 Å². The molecule has 1 N–H and O–H groups in total. The standard InChI is InChI=1S/C16H25NO/c1-12-7-13(2)9-16(8-12)17-15-6-4-5-14(10-15)11-18-3/h4-6,10,12-13,16-17H,7-9,11H2,1-3H3. The Labute approximate surface area is 111 Å². The summed E-state index contributed by atoms with van der Waals surface area (Å²) < 4.78 is 5.18. The second kappa shape index (κ2) is 6.24. The molecule has 0 bridgehead atoms. The van der Waals surface area contributed by atoms with E-state index in [9.17, 15) is 0 Å². The first-order valence-corrected chi connectivity index (χ1v) is 7.01. The molecule has 2 heteroatoms. The van der Waals surface area contributed by atoms with Crippen LogP contribution < -0.4 is 5.32 Å². The zero-order chi connectivity index (χ0) is 13.0. The van der Waals surface area contributed by atoms with Crippen LogP contribution in [0.15, 0.2) is 24.3 Å². The molecule has 0 aromatic heterocycles. The molecule has 0 aliphatic heterocycles. The van der Waals surface area contributed by atoms with Crippen LogP contribution in [0.3, 0.4) is 0 Å². The third-order valence-electron chi connectivity index (χ3n) is 3.79. The van der Waals surface area contributed by atoms with E-state index in [0.29, 0.717) is 12.6 Å². The third-order valence-corrected chi connectivity index (χ3v) is 3.79. The van der Waals surface area contributed by atoms with Gasteiger partial charge in [0.1, 0.15) is 0 Å². The highest BCUT2D eigenvalue weighted by atomic mass is 16.5. The highest BCUT2D eigenvalue weighted by Gasteiger charge is 2.23. The van der Waals surface area contributed by atoms with Crippen LogP contribution >= 0.6 is 0 Å². The molecule has 0 saturated heterocycles. The van der Waals surface area contributed by atoms with E-state index in [1.165, 1.54) is 30.5 Å². The Morgan fingerprint density at radius 1 is 1.17 bits per heavy atom. The summed E-state index contributed by atoms with van der Waals surface area (Å²) in [6.45, 7) is 5.42. The molecule has 100 valence electrons. The Bertz CT molecular complexity index is 367. The monoisotopic (exact) mass is 247 g/mol. The minimum absolute atomic E-state index is 0.626. The Morgan fingerprint density at radius 3 is 2.56 bits per heavy atom. The van der Waals surface area contributed by atoms with Crippen LogP contribution in [0.1, 0.15) is 38.7 Å². The number of nitrogens with one attached hydrogen (secondary N) is 1. The van der Waals surface area contributed by atoms with Gasteiger partial charge in [-0.25, -0.2) is 0 Å². The molecular weight excluding hydrogens is 222 g/mol. The van der Waals surface area contributed by atoms with E-state index < -0.39 is 0 Å². The first-order valence-electron chi connectivity index (χ1n) is 7.01. The quantitative estimate of drug-likeness (QED) is 0.866. The number of ether oxygens (including phenoxy) is 1. The van der Waals surface area contributed by atoms with Crippen molar-refractivity contribution in [2.24, 2.45) is 11.8 Å². The lowest BCUT2D eigenvalue weighted by Crippen LogP contribution is -2.30. The topological polar surface area (TPSA) is 21.3 Å². The van der Waals surface area contributed by atoms with Crippen LogP contribution in [-0.2, 0) is 11.3 Å². The summed E-state index contributed by atoms with van der Waals surface area (Å²) in [5, 5.41) is 3.68. The lowest BCUT2D eigenvalue weighted by Gasteiger charge is -2.32. The van der Waals surface area contributed by atoms with Gasteiger partial charge in [-0.15, -0.1) is 0 Å². The van der Waals surface area contributed by atoms with E-state index in [0.717, 1.165) is 11.8 Å². The molecule has 1 aromatic carbocycles. The molecule has 18 heavy (non-hydrogen) atoms. The maximum Gasteiger partial charge on any atom is 0.0713 e. The van der Waals surface area contributed by atoms with Crippen molar-refractivity contribution in [2.75, 3.05) is 12.4 Å². The van der Waals surface area contributed by atoms with Crippen LogP contribution in [0, 0.1) is 11.8 Å². The van der Waals surface area contributed by atoms with Gasteiger partial charge in [-0.1, -0.05) is 26.0 Å². The fraction of sp³-hybridized carbons (Fsp3) is 0.625. The molecule has 0 spiro atoms. The second-order valence-corrected chi connectivity index (χ2v) is 5.89. The van der Waals surface area contributed by atoms with Crippen LogP contribution in [0.4, 0.5) is 5.69 Å². The maximum absolute atomic E-state index is 5.18. The van der Waals surface area contributed by atoms with Gasteiger partial charge in [0, 0.05) is 18.8 Å². The first-order chi connectivity index (χ1) is 8.67. The van der Waals surface area contributed by atoms with Gasteiger partial charge in [-0.2, -0.15) is 0 Å². The van der Waals surface area contributed by atoms with Gasteiger partial charge in [0.05, 0.1) is 6.61 Å². The molecule has 1 aliphatic carbocycles. The summed E-state index contributed by atoms with van der Waals surface area (Å²) >= 11 is 0. The average Bonchev–Trinajstić information content (AvgIpc) is 2.28. The zero-order valence-corrected chi connectivity index (χ0v) is 11.8. The highest BCUT2D eigenvalue weighted by molar-refractivity contribution is 5.46. The van der Waals surface area contributed by atoms with E-state index in [1.807, 2.05) is 0 Å². The van der Waals surface area contributed by atoms with Crippen molar-refractivity contribution in [3.63, 3.8) is 0 Å². The van der Waals surface area contributed by atoms with E-state index in [2.05, 4.69) is 43.4 Å². The molecule has 0 amide bonds. The second-order valence-electron chi connectivity index (χ2n) is 5.89. The van der Waals surface area contributed by atoms with Crippen molar-refractivity contribution in [2.45, 2.75) is 45.8 Å². The lowest BCUT2D eigenvalue weighted by atomic mass is 9.80. The molecule has 1 aromatic rings. The SMILES string of the molecule is COCc1cccc(NC2CC(C)CC(C)C2)c1.